The molecule has 0 spiro atoms. The fourth-order valence-electron chi connectivity index (χ4n) is 4.98. The summed E-state index contributed by atoms with van der Waals surface area (Å²) < 4.78 is 22.1. The van der Waals surface area contributed by atoms with Crippen molar-refractivity contribution in [2.75, 3.05) is 34.5 Å². The Morgan fingerprint density at radius 2 is 1.36 bits per heavy atom. The minimum atomic E-state index is -0.222. The molecule has 1 amide bonds. The molecular weight excluding hydrogens is 494 g/mol. The normalized spacial score (nSPS) is 13.2. The largest absolute Gasteiger partial charge is 0.510 e. The molecule has 0 aromatic heterocycles. The van der Waals surface area contributed by atoms with Crippen LogP contribution >= 0.6 is 0 Å². The van der Waals surface area contributed by atoms with Gasteiger partial charge in [-0.25, -0.2) is 0 Å². The second-order valence-corrected chi connectivity index (χ2v) is 10.1. The Morgan fingerprint density at radius 1 is 0.795 bits per heavy atom. The fraction of sp³-hybridized carbons (Fsp3) is 0.531. The van der Waals surface area contributed by atoms with E-state index >= 15 is 0 Å². The van der Waals surface area contributed by atoms with Crippen molar-refractivity contribution in [2.24, 2.45) is 0 Å². The van der Waals surface area contributed by atoms with E-state index in [4.69, 9.17) is 18.9 Å². The van der Waals surface area contributed by atoms with Gasteiger partial charge in [0.1, 0.15) is 11.5 Å². The zero-order valence-corrected chi connectivity index (χ0v) is 24.1. The molecule has 2 aromatic carbocycles. The molecule has 0 saturated heterocycles. The number of aliphatic hydroxyl groups is 1. The third-order valence-corrected chi connectivity index (χ3v) is 7.14. The van der Waals surface area contributed by atoms with Gasteiger partial charge in [0.25, 0.3) is 5.91 Å². The molecule has 0 fully saturated rings. The van der Waals surface area contributed by atoms with Gasteiger partial charge < -0.3 is 29.0 Å². The van der Waals surface area contributed by atoms with Crippen LogP contribution in [0.3, 0.4) is 0 Å². The van der Waals surface area contributed by atoms with Crippen LogP contribution in [-0.2, 0) is 11.3 Å². The van der Waals surface area contributed by atoms with Gasteiger partial charge in [0, 0.05) is 6.54 Å². The van der Waals surface area contributed by atoms with Crippen molar-refractivity contribution in [1.29, 1.82) is 0 Å². The minimum absolute atomic E-state index is 0.0615. The van der Waals surface area contributed by atoms with Gasteiger partial charge in [0.05, 0.1) is 40.1 Å². The number of nitrogens with zero attached hydrogens (tertiary/aromatic N) is 1. The van der Waals surface area contributed by atoms with Crippen LogP contribution in [0, 0.1) is 0 Å². The lowest BCUT2D eigenvalue weighted by Gasteiger charge is -2.19. The molecule has 1 aliphatic rings. The quantitative estimate of drug-likeness (QED) is 0.200. The number of methoxy groups -OCH3 is 3. The van der Waals surface area contributed by atoms with Crippen LogP contribution in [0.2, 0.25) is 0 Å². The Balaban J connectivity index is 1.46. The molecule has 3 rings (SSSR count). The molecule has 214 valence electrons. The molecule has 2 aromatic rings. The first-order chi connectivity index (χ1) is 19.0. The summed E-state index contributed by atoms with van der Waals surface area (Å²) in [6.07, 6.45) is 12.9. The molecule has 0 aliphatic carbocycles. The number of aliphatic hydroxyl groups excluding tert-OH is 1. The van der Waals surface area contributed by atoms with E-state index in [9.17, 15) is 9.90 Å². The number of hydrogen-bond donors (Lipinski definition) is 1. The van der Waals surface area contributed by atoms with E-state index in [1.54, 1.807) is 26.2 Å². The van der Waals surface area contributed by atoms with Crippen LogP contribution in [0.5, 0.6) is 23.0 Å². The zero-order valence-electron chi connectivity index (χ0n) is 24.1. The average molecular weight is 540 g/mol. The Kier molecular flexibility index (Phi) is 12.3. The summed E-state index contributed by atoms with van der Waals surface area (Å²) in [6, 6.07) is 11.0. The summed E-state index contributed by atoms with van der Waals surface area (Å²) in [6.45, 7) is 3.38. The number of carbonyl (C=O) groups is 1. The number of carbonyl (C=O) groups excluding carboxylic acids is 1. The highest BCUT2D eigenvalue weighted by Crippen LogP contribution is 2.39. The number of unbranched alkanes of at least 4 members (excludes halogenated alkanes) is 9. The molecule has 39 heavy (non-hydrogen) atoms. The first-order valence-corrected chi connectivity index (χ1v) is 14.3. The Hall–Kier alpha value is -3.35. The topological polar surface area (TPSA) is 77.5 Å². The second-order valence-electron chi connectivity index (χ2n) is 10.1. The third kappa shape index (κ3) is 8.57. The van der Waals surface area contributed by atoms with E-state index < -0.39 is 0 Å². The highest BCUT2D eigenvalue weighted by Gasteiger charge is 2.31. The van der Waals surface area contributed by atoms with Crippen LogP contribution < -0.4 is 18.9 Å². The summed E-state index contributed by atoms with van der Waals surface area (Å²) in [5.74, 6) is 2.14. The molecule has 0 unspecified atom stereocenters. The molecule has 0 bridgehead atoms. The molecule has 0 atom stereocenters. The molecular formula is C32H45NO6. The maximum atomic E-state index is 13.2. The summed E-state index contributed by atoms with van der Waals surface area (Å²) in [4.78, 5) is 14.8. The first-order valence-electron chi connectivity index (χ1n) is 14.3. The lowest BCUT2D eigenvalue weighted by molar-refractivity contribution is -0.124. The number of amides is 1. The van der Waals surface area contributed by atoms with Crippen LogP contribution in [0.1, 0.15) is 82.3 Å². The Labute approximate surface area is 233 Å². The van der Waals surface area contributed by atoms with E-state index in [0.717, 1.165) is 17.7 Å². The van der Waals surface area contributed by atoms with Crippen molar-refractivity contribution < 1.29 is 28.8 Å². The average Bonchev–Trinajstić information content (AvgIpc) is 3.23. The SMILES string of the molecule is CCCCCCCCCCCCOc1ccc(C2=C(O)CN(Cc3cc(OC)c(OC)c(OC)c3)C2=O)cc1. The van der Waals surface area contributed by atoms with Gasteiger partial charge >= 0.3 is 0 Å². The van der Waals surface area contributed by atoms with Crippen LogP contribution in [0.25, 0.3) is 5.57 Å². The smallest absolute Gasteiger partial charge is 0.258 e. The third-order valence-electron chi connectivity index (χ3n) is 7.14. The number of hydrogen-bond acceptors (Lipinski definition) is 6. The maximum Gasteiger partial charge on any atom is 0.258 e. The molecule has 7 heteroatoms. The van der Waals surface area contributed by atoms with Crippen molar-refractivity contribution in [3.63, 3.8) is 0 Å². The predicted octanol–water partition coefficient (Wildman–Crippen LogP) is 7.32. The van der Waals surface area contributed by atoms with Crippen LogP contribution in [-0.4, -0.2) is 50.4 Å². The number of benzene rings is 2. The van der Waals surface area contributed by atoms with Gasteiger partial charge in [-0.1, -0.05) is 76.8 Å². The number of ether oxygens (including phenoxy) is 4. The Bertz CT molecular complexity index is 1050. The van der Waals surface area contributed by atoms with E-state index in [-0.39, 0.29) is 18.2 Å². The number of rotatable bonds is 18. The zero-order chi connectivity index (χ0) is 28.0. The van der Waals surface area contributed by atoms with Crippen LogP contribution in [0.15, 0.2) is 42.2 Å². The molecule has 1 heterocycles. The summed E-state index contributed by atoms with van der Waals surface area (Å²) >= 11 is 0. The van der Waals surface area contributed by atoms with E-state index in [0.29, 0.717) is 41.5 Å². The second kappa shape index (κ2) is 15.9. The van der Waals surface area contributed by atoms with Gasteiger partial charge in [-0.2, -0.15) is 0 Å². The van der Waals surface area contributed by atoms with E-state index in [1.807, 2.05) is 36.4 Å². The summed E-state index contributed by atoms with van der Waals surface area (Å²) in [5, 5.41) is 10.6. The molecule has 1 N–H and O–H groups in total. The fourth-order valence-corrected chi connectivity index (χ4v) is 4.98. The van der Waals surface area contributed by atoms with Gasteiger partial charge in [-0.15, -0.1) is 0 Å². The van der Waals surface area contributed by atoms with E-state index in [1.165, 1.54) is 57.8 Å². The predicted molar refractivity (Wildman–Crippen MR) is 155 cm³/mol. The van der Waals surface area contributed by atoms with Gasteiger partial charge in [0.15, 0.2) is 11.5 Å². The van der Waals surface area contributed by atoms with Crippen molar-refractivity contribution in [2.45, 2.75) is 77.7 Å². The first kappa shape index (κ1) is 30.2. The summed E-state index contributed by atoms with van der Waals surface area (Å²) in [7, 11) is 4.66. The lowest BCUT2D eigenvalue weighted by atomic mass is 10.1. The Morgan fingerprint density at radius 3 is 1.90 bits per heavy atom. The lowest BCUT2D eigenvalue weighted by Crippen LogP contribution is -2.26. The van der Waals surface area contributed by atoms with Crippen molar-refractivity contribution >= 4 is 11.5 Å². The van der Waals surface area contributed by atoms with Crippen molar-refractivity contribution in [1.82, 2.24) is 4.90 Å². The molecule has 0 saturated carbocycles. The summed E-state index contributed by atoms with van der Waals surface area (Å²) in [5.41, 5.74) is 1.81. The van der Waals surface area contributed by atoms with E-state index in [2.05, 4.69) is 6.92 Å². The van der Waals surface area contributed by atoms with Crippen molar-refractivity contribution in [3.05, 3.63) is 53.3 Å². The maximum absolute atomic E-state index is 13.2. The van der Waals surface area contributed by atoms with Gasteiger partial charge in [-0.05, 0) is 41.8 Å². The highest BCUT2D eigenvalue weighted by molar-refractivity contribution is 6.22. The monoisotopic (exact) mass is 539 g/mol. The van der Waals surface area contributed by atoms with Gasteiger partial charge in [-0.3, -0.25) is 4.79 Å². The van der Waals surface area contributed by atoms with Gasteiger partial charge in [0.2, 0.25) is 5.75 Å². The standard InChI is InChI=1S/C32H45NO6/c1-5-6-7-8-9-10-11-12-13-14-19-39-26-17-15-25(16-18-26)30-27(34)23-33(32(30)35)22-24-20-28(36-2)31(38-4)29(21-24)37-3/h15-18,20-21,34H,5-14,19,22-23H2,1-4H3. The van der Waals surface area contributed by atoms with Crippen LogP contribution in [0.4, 0.5) is 0 Å². The minimum Gasteiger partial charge on any atom is -0.510 e. The van der Waals surface area contributed by atoms with Crippen molar-refractivity contribution in [3.8, 4) is 23.0 Å². The molecule has 7 nitrogen and oxygen atoms in total. The highest BCUT2D eigenvalue weighted by atomic mass is 16.5. The molecule has 0 radical (unpaired) electrons. The molecule has 1 aliphatic heterocycles.